The van der Waals surface area contributed by atoms with Gasteiger partial charge in [-0.3, -0.25) is 4.79 Å². The van der Waals surface area contributed by atoms with E-state index in [1.807, 2.05) is 19.1 Å². The van der Waals surface area contributed by atoms with Crippen LogP contribution in [0.4, 0.5) is 0 Å². The van der Waals surface area contributed by atoms with Crippen LogP contribution in [-0.4, -0.2) is 26.2 Å². The molecule has 0 unspecified atom stereocenters. The van der Waals surface area contributed by atoms with E-state index in [1.54, 1.807) is 14.2 Å². The van der Waals surface area contributed by atoms with Crippen LogP contribution in [0.25, 0.3) is 10.8 Å². The van der Waals surface area contributed by atoms with Gasteiger partial charge in [-0.05, 0) is 41.8 Å². The fourth-order valence-corrected chi connectivity index (χ4v) is 3.17. The summed E-state index contributed by atoms with van der Waals surface area (Å²) in [6, 6.07) is 10.4. The maximum absolute atomic E-state index is 11.8. The predicted molar refractivity (Wildman–Crippen MR) is 91.2 cm³/mol. The molecule has 0 bridgehead atoms. The van der Waals surface area contributed by atoms with E-state index >= 15 is 0 Å². The predicted octanol–water partition coefficient (Wildman–Crippen LogP) is 3.63. The molecule has 0 radical (unpaired) electrons. The summed E-state index contributed by atoms with van der Waals surface area (Å²) in [5, 5.41) is 5.42. The van der Waals surface area contributed by atoms with E-state index in [4.69, 9.17) is 9.47 Å². The summed E-state index contributed by atoms with van der Waals surface area (Å²) >= 11 is 0. The average Bonchev–Trinajstić information content (AvgIpc) is 3.31. The molecule has 122 valence electrons. The van der Waals surface area contributed by atoms with Crippen LogP contribution in [0.15, 0.2) is 30.3 Å². The topological polar surface area (TPSA) is 47.6 Å². The highest BCUT2D eigenvalue weighted by Crippen LogP contribution is 2.48. The summed E-state index contributed by atoms with van der Waals surface area (Å²) in [7, 11) is 3.36. The lowest BCUT2D eigenvalue weighted by Gasteiger charge is -2.13. The van der Waals surface area contributed by atoms with Crippen LogP contribution in [-0.2, 0) is 4.79 Å². The van der Waals surface area contributed by atoms with Gasteiger partial charge in [0.25, 0.3) is 0 Å². The highest BCUT2D eigenvalue weighted by Gasteiger charge is 2.42. The number of hydrogen-bond acceptors (Lipinski definition) is 3. The number of benzene rings is 2. The second kappa shape index (κ2) is 6.49. The number of amides is 1. The maximum atomic E-state index is 11.8. The van der Waals surface area contributed by atoms with E-state index in [9.17, 15) is 4.79 Å². The summed E-state index contributed by atoms with van der Waals surface area (Å²) < 4.78 is 10.9. The van der Waals surface area contributed by atoms with E-state index in [0.29, 0.717) is 12.3 Å². The van der Waals surface area contributed by atoms with Crippen molar-refractivity contribution in [3.63, 3.8) is 0 Å². The van der Waals surface area contributed by atoms with Crippen molar-refractivity contribution in [2.45, 2.75) is 38.1 Å². The molecule has 1 saturated carbocycles. The summed E-state index contributed by atoms with van der Waals surface area (Å²) in [6.45, 7) is 2.02. The molecule has 3 rings (SSSR count). The molecule has 1 fully saturated rings. The van der Waals surface area contributed by atoms with Gasteiger partial charge in [0.1, 0.15) is 11.5 Å². The van der Waals surface area contributed by atoms with Crippen LogP contribution in [0.1, 0.15) is 37.7 Å². The summed E-state index contributed by atoms with van der Waals surface area (Å²) in [6.07, 6.45) is 2.42. The quantitative estimate of drug-likeness (QED) is 0.886. The number of nitrogens with one attached hydrogen (secondary N) is 1. The third-order valence-corrected chi connectivity index (χ3v) is 4.43. The molecule has 2 atom stereocenters. The molecule has 1 aliphatic carbocycles. The van der Waals surface area contributed by atoms with Crippen LogP contribution in [0.5, 0.6) is 11.5 Å². The highest BCUT2D eigenvalue weighted by molar-refractivity contribution is 5.90. The first kappa shape index (κ1) is 15.7. The van der Waals surface area contributed by atoms with Crippen molar-refractivity contribution in [2.75, 3.05) is 14.2 Å². The average molecular weight is 313 g/mol. The van der Waals surface area contributed by atoms with E-state index in [2.05, 4.69) is 23.5 Å². The molecule has 1 aliphatic rings. The summed E-state index contributed by atoms with van der Waals surface area (Å²) in [5.74, 6) is 2.15. The first-order valence-corrected chi connectivity index (χ1v) is 8.12. The minimum atomic E-state index is 0.136. The van der Waals surface area contributed by atoms with Crippen molar-refractivity contribution in [1.29, 1.82) is 0 Å². The van der Waals surface area contributed by atoms with Crippen LogP contribution < -0.4 is 14.8 Å². The molecular weight excluding hydrogens is 290 g/mol. The van der Waals surface area contributed by atoms with E-state index < -0.39 is 0 Å². The van der Waals surface area contributed by atoms with Crippen LogP contribution in [0.3, 0.4) is 0 Å². The number of ether oxygens (including phenoxy) is 2. The molecule has 4 nitrogen and oxygen atoms in total. The molecule has 0 saturated heterocycles. The van der Waals surface area contributed by atoms with E-state index in [0.717, 1.165) is 35.1 Å². The monoisotopic (exact) mass is 313 g/mol. The van der Waals surface area contributed by atoms with Gasteiger partial charge in [-0.15, -0.1) is 0 Å². The zero-order chi connectivity index (χ0) is 16.4. The van der Waals surface area contributed by atoms with Crippen LogP contribution in [0.2, 0.25) is 0 Å². The number of carbonyl (C=O) groups is 1. The molecule has 0 aliphatic heterocycles. The Morgan fingerprint density at radius 3 is 2.70 bits per heavy atom. The van der Waals surface area contributed by atoms with Gasteiger partial charge in [0.2, 0.25) is 5.91 Å². The molecule has 4 heteroatoms. The van der Waals surface area contributed by atoms with Crippen LogP contribution >= 0.6 is 0 Å². The minimum absolute atomic E-state index is 0.136. The third kappa shape index (κ3) is 3.11. The largest absolute Gasteiger partial charge is 0.497 e. The summed E-state index contributed by atoms with van der Waals surface area (Å²) in [4.78, 5) is 11.8. The maximum Gasteiger partial charge on any atom is 0.220 e. The second-order valence-corrected chi connectivity index (χ2v) is 6.03. The minimum Gasteiger partial charge on any atom is -0.497 e. The van der Waals surface area contributed by atoms with Gasteiger partial charge in [-0.1, -0.05) is 19.1 Å². The number of hydrogen-bond donors (Lipinski definition) is 1. The lowest BCUT2D eigenvalue weighted by Crippen LogP contribution is -2.26. The van der Waals surface area contributed by atoms with Crippen molar-refractivity contribution < 1.29 is 14.3 Å². The Labute approximate surface area is 136 Å². The standard InChI is InChI=1S/C19H23NO3/c1-4-5-18(21)20-16-11-15(16)19-14-10-13(22-2)8-6-12(14)7-9-17(19)23-3/h6-10,15-16H,4-5,11H2,1-3H3,(H,20,21)/t15-,16-/m1/s1. The van der Waals surface area contributed by atoms with Gasteiger partial charge in [0.15, 0.2) is 0 Å². The van der Waals surface area contributed by atoms with Crippen molar-refractivity contribution in [2.24, 2.45) is 0 Å². The molecule has 2 aromatic rings. The van der Waals surface area contributed by atoms with Crippen molar-refractivity contribution in [3.05, 3.63) is 35.9 Å². The SMILES string of the molecule is CCCC(=O)N[C@@H]1C[C@H]1c1c(OC)ccc2ccc(OC)cc12. The normalized spacial score (nSPS) is 19.4. The van der Waals surface area contributed by atoms with E-state index in [1.165, 1.54) is 5.56 Å². The highest BCUT2D eigenvalue weighted by atomic mass is 16.5. The van der Waals surface area contributed by atoms with Gasteiger partial charge in [0, 0.05) is 23.9 Å². The molecule has 0 spiro atoms. The molecule has 1 N–H and O–H groups in total. The van der Waals surface area contributed by atoms with Gasteiger partial charge < -0.3 is 14.8 Å². The zero-order valence-electron chi connectivity index (χ0n) is 13.9. The zero-order valence-corrected chi connectivity index (χ0v) is 13.9. The summed E-state index contributed by atoms with van der Waals surface area (Å²) in [5.41, 5.74) is 1.17. The van der Waals surface area contributed by atoms with Crippen LogP contribution in [0, 0.1) is 0 Å². The molecule has 2 aromatic carbocycles. The fourth-order valence-electron chi connectivity index (χ4n) is 3.17. The molecule has 1 amide bonds. The molecule has 23 heavy (non-hydrogen) atoms. The Balaban J connectivity index is 1.94. The molecular formula is C19H23NO3. The number of carbonyl (C=O) groups excluding carboxylic acids is 1. The number of rotatable bonds is 6. The Bertz CT molecular complexity index is 721. The van der Waals surface area contributed by atoms with Crippen molar-refractivity contribution >= 4 is 16.7 Å². The van der Waals surface area contributed by atoms with Gasteiger partial charge in [0.05, 0.1) is 14.2 Å². The van der Waals surface area contributed by atoms with Crippen molar-refractivity contribution in [1.82, 2.24) is 5.32 Å². The molecule has 0 heterocycles. The van der Waals surface area contributed by atoms with Gasteiger partial charge in [-0.2, -0.15) is 0 Å². The van der Waals surface area contributed by atoms with Gasteiger partial charge >= 0.3 is 0 Å². The Hall–Kier alpha value is -2.23. The Morgan fingerprint density at radius 1 is 1.22 bits per heavy atom. The first-order valence-electron chi connectivity index (χ1n) is 8.12. The molecule has 0 aromatic heterocycles. The number of methoxy groups -OCH3 is 2. The van der Waals surface area contributed by atoms with Crippen molar-refractivity contribution in [3.8, 4) is 11.5 Å². The number of fused-ring (bicyclic) bond motifs is 1. The second-order valence-electron chi connectivity index (χ2n) is 6.03. The fraction of sp³-hybridized carbons (Fsp3) is 0.421. The smallest absolute Gasteiger partial charge is 0.220 e. The lowest BCUT2D eigenvalue weighted by molar-refractivity contribution is -0.121. The van der Waals surface area contributed by atoms with E-state index in [-0.39, 0.29) is 11.9 Å². The Morgan fingerprint density at radius 2 is 2.00 bits per heavy atom. The first-order chi connectivity index (χ1) is 11.2. The Kier molecular flexibility index (Phi) is 4.42. The lowest BCUT2D eigenvalue weighted by atomic mass is 9.99. The van der Waals surface area contributed by atoms with Gasteiger partial charge in [-0.25, -0.2) is 0 Å². The third-order valence-electron chi connectivity index (χ3n) is 4.43.